The lowest BCUT2D eigenvalue weighted by Gasteiger charge is -2.12. The van der Waals surface area contributed by atoms with E-state index in [9.17, 15) is 0 Å². The maximum Gasteiger partial charge on any atom is 0.121 e. The number of rotatable bonds is 6. The number of nitrogens with one attached hydrogen (secondary N) is 1. The Morgan fingerprint density at radius 2 is 1.76 bits per heavy atom. The second kappa shape index (κ2) is 7.69. The van der Waals surface area contributed by atoms with Crippen LogP contribution in [0.5, 0.6) is 5.75 Å². The van der Waals surface area contributed by atoms with Crippen molar-refractivity contribution in [3.63, 3.8) is 0 Å². The first-order chi connectivity index (χ1) is 10.1. The summed E-state index contributed by atoms with van der Waals surface area (Å²) in [6, 6.07) is 13.8. The largest absolute Gasteiger partial charge is 0.489 e. The minimum atomic E-state index is 0.500. The Morgan fingerprint density at radius 1 is 1.05 bits per heavy atom. The van der Waals surface area contributed by atoms with Crippen molar-refractivity contribution in [2.24, 2.45) is 0 Å². The first-order valence-electron chi connectivity index (χ1n) is 6.91. The van der Waals surface area contributed by atoms with Crippen LogP contribution < -0.4 is 10.1 Å². The predicted molar refractivity (Wildman–Crippen MR) is 89.6 cm³/mol. The fourth-order valence-electron chi connectivity index (χ4n) is 2.10. The highest BCUT2D eigenvalue weighted by atomic mass is 35.5. The van der Waals surface area contributed by atoms with Crippen LogP contribution in [0.3, 0.4) is 0 Å². The van der Waals surface area contributed by atoms with Gasteiger partial charge in [0.05, 0.1) is 10.0 Å². The summed E-state index contributed by atoms with van der Waals surface area (Å²) in [5.41, 5.74) is 2.45. The van der Waals surface area contributed by atoms with Gasteiger partial charge in [-0.3, -0.25) is 0 Å². The molecule has 4 heteroatoms. The smallest absolute Gasteiger partial charge is 0.121 e. The van der Waals surface area contributed by atoms with E-state index in [1.807, 2.05) is 13.1 Å². The molecule has 2 nitrogen and oxygen atoms in total. The molecule has 0 aromatic heterocycles. The van der Waals surface area contributed by atoms with Crippen molar-refractivity contribution in [2.45, 2.75) is 19.4 Å². The second-order valence-corrected chi connectivity index (χ2v) is 5.88. The van der Waals surface area contributed by atoms with Crippen molar-refractivity contribution in [3.8, 4) is 5.75 Å². The number of hydrogen-bond donors (Lipinski definition) is 1. The van der Waals surface area contributed by atoms with Crippen LogP contribution in [0.4, 0.5) is 0 Å². The van der Waals surface area contributed by atoms with Crippen LogP contribution in [-0.4, -0.2) is 13.6 Å². The molecule has 1 N–H and O–H groups in total. The number of ether oxygens (including phenoxy) is 1. The van der Waals surface area contributed by atoms with Gasteiger partial charge in [-0.05, 0) is 36.2 Å². The van der Waals surface area contributed by atoms with Gasteiger partial charge in [0.25, 0.3) is 0 Å². The molecular weight excluding hydrogens is 305 g/mol. The van der Waals surface area contributed by atoms with E-state index in [1.165, 1.54) is 5.56 Å². The van der Waals surface area contributed by atoms with E-state index < -0.39 is 0 Å². The molecule has 0 aliphatic rings. The molecule has 0 radical (unpaired) electrons. The lowest BCUT2D eigenvalue weighted by atomic mass is 10.00. The van der Waals surface area contributed by atoms with Gasteiger partial charge in [-0.15, -0.1) is 0 Å². The van der Waals surface area contributed by atoms with Gasteiger partial charge in [-0.2, -0.15) is 0 Å². The minimum absolute atomic E-state index is 0.500. The molecule has 0 aliphatic carbocycles. The monoisotopic (exact) mass is 323 g/mol. The van der Waals surface area contributed by atoms with Crippen LogP contribution >= 0.6 is 23.2 Å². The van der Waals surface area contributed by atoms with Gasteiger partial charge in [0.15, 0.2) is 0 Å². The molecule has 2 aromatic rings. The SMILES string of the molecule is CNCC(C)c1ccc(COc2ccc(Cl)c(Cl)c2)cc1. The molecule has 0 fully saturated rings. The van der Waals surface area contributed by atoms with E-state index in [-0.39, 0.29) is 0 Å². The average Bonchev–Trinajstić information content (AvgIpc) is 2.49. The molecule has 2 aromatic carbocycles. The first-order valence-corrected chi connectivity index (χ1v) is 7.67. The Labute approximate surface area is 136 Å². The highest BCUT2D eigenvalue weighted by Gasteiger charge is 2.05. The van der Waals surface area contributed by atoms with E-state index in [0.717, 1.165) is 17.9 Å². The van der Waals surface area contributed by atoms with Crippen LogP contribution in [-0.2, 0) is 6.61 Å². The fraction of sp³-hybridized carbons (Fsp3) is 0.294. The van der Waals surface area contributed by atoms with Crippen molar-refractivity contribution in [3.05, 3.63) is 63.6 Å². The van der Waals surface area contributed by atoms with Gasteiger partial charge < -0.3 is 10.1 Å². The van der Waals surface area contributed by atoms with E-state index >= 15 is 0 Å². The van der Waals surface area contributed by atoms with Crippen LogP contribution in [0.2, 0.25) is 10.0 Å². The van der Waals surface area contributed by atoms with Crippen molar-refractivity contribution < 1.29 is 4.74 Å². The van der Waals surface area contributed by atoms with Crippen LogP contribution in [0.15, 0.2) is 42.5 Å². The van der Waals surface area contributed by atoms with Crippen molar-refractivity contribution in [1.29, 1.82) is 0 Å². The lowest BCUT2D eigenvalue weighted by molar-refractivity contribution is 0.306. The highest BCUT2D eigenvalue weighted by molar-refractivity contribution is 6.42. The lowest BCUT2D eigenvalue weighted by Crippen LogP contribution is -2.14. The number of halogens is 2. The summed E-state index contributed by atoms with van der Waals surface area (Å²) >= 11 is 11.8. The zero-order valence-electron chi connectivity index (χ0n) is 12.2. The molecule has 1 unspecified atom stereocenters. The van der Waals surface area contributed by atoms with E-state index in [1.54, 1.807) is 12.1 Å². The molecule has 112 valence electrons. The Hall–Kier alpha value is -1.22. The van der Waals surface area contributed by atoms with Crippen molar-refractivity contribution in [1.82, 2.24) is 5.32 Å². The van der Waals surface area contributed by atoms with E-state index in [4.69, 9.17) is 27.9 Å². The molecule has 2 rings (SSSR count). The molecule has 0 saturated carbocycles. The summed E-state index contributed by atoms with van der Waals surface area (Å²) in [6.07, 6.45) is 0. The van der Waals surface area contributed by atoms with E-state index in [2.05, 4.69) is 36.5 Å². The molecule has 0 aliphatic heterocycles. The van der Waals surface area contributed by atoms with Crippen LogP contribution in [0, 0.1) is 0 Å². The quantitative estimate of drug-likeness (QED) is 0.816. The number of benzene rings is 2. The summed E-state index contributed by atoms with van der Waals surface area (Å²) in [5, 5.41) is 4.23. The topological polar surface area (TPSA) is 21.3 Å². The minimum Gasteiger partial charge on any atom is -0.489 e. The average molecular weight is 324 g/mol. The Morgan fingerprint density at radius 3 is 2.38 bits per heavy atom. The predicted octanol–water partition coefficient (Wildman–Crippen LogP) is 4.90. The van der Waals surface area contributed by atoms with Gasteiger partial charge >= 0.3 is 0 Å². The Balaban J connectivity index is 1.95. The highest BCUT2D eigenvalue weighted by Crippen LogP contribution is 2.26. The molecule has 0 heterocycles. The van der Waals surface area contributed by atoms with Crippen LogP contribution in [0.1, 0.15) is 24.0 Å². The van der Waals surface area contributed by atoms with Crippen LogP contribution in [0.25, 0.3) is 0 Å². The molecule has 0 amide bonds. The van der Waals surface area contributed by atoms with Gasteiger partial charge in [-0.25, -0.2) is 0 Å². The fourth-order valence-corrected chi connectivity index (χ4v) is 2.39. The van der Waals surface area contributed by atoms with Gasteiger partial charge in [0.1, 0.15) is 12.4 Å². The zero-order valence-corrected chi connectivity index (χ0v) is 13.7. The zero-order chi connectivity index (χ0) is 15.2. The molecular formula is C17H19Cl2NO. The van der Waals surface area contributed by atoms with Crippen molar-refractivity contribution >= 4 is 23.2 Å². The molecule has 0 bridgehead atoms. The van der Waals surface area contributed by atoms with Gasteiger partial charge in [0.2, 0.25) is 0 Å². The molecule has 21 heavy (non-hydrogen) atoms. The van der Waals surface area contributed by atoms with E-state index in [0.29, 0.717) is 22.6 Å². The normalized spacial score (nSPS) is 12.2. The van der Waals surface area contributed by atoms with Crippen molar-refractivity contribution in [2.75, 3.05) is 13.6 Å². The third-order valence-electron chi connectivity index (χ3n) is 3.36. The standard InChI is InChI=1S/C17H19Cl2NO/c1-12(10-20-2)14-5-3-13(4-6-14)11-21-15-7-8-16(18)17(19)9-15/h3-9,12,20H,10-11H2,1-2H3. The third-order valence-corrected chi connectivity index (χ3v) is 4.09. The molecule has 1 atom stereocenters. The second-order valence-electron chi connectivity index (χ2n) is 5.06. The summed E-state index contributed by atoms with van der Waals surface area (Å²) < 4.78 is 5.72. The Kier molecular flexibility index (Phi) is 5.92. The summed E-state index contributed by atoms with van der Waals surface area (Å²) in [4.78, 5) is 0. The maximum absolute atomic E-state index is 5.96. The Bertz CT molecular complexity index is 584. The first kappa shape index (κ1) is 16.2. The maximum atomic E-state index is 5.96. The number of hydrogen-bond acceptors (Lipinski definition) is 2. The summed E-state index contributed by atoms with van der Waals surface area (Å²) in [5.74, 6) is 1.22. The number of likely N-dealkylation sites (N-methyl/N-ethyl adjacent to an activating group) is 1. The summed E-state index contributed by atoms with van der Waals surface area (Å²) in [7, 11) is 1.97. The summed E-state index contributed by atoms with van der Waals surface area (Å²) in [6.45, 7) is 3.69. The van der Waals surface area contributed by atoms with Gasteiger partial charge in [0, 0.05) is 12.6 Å². The molecule has 0 spiro atoms. The third kappa shape index (κ3) is 4.63. The van der Waals surface area contributed by atoms with Gasteiger partial charge in [-0.1, -0.05) is 54.4 Å². The molecule has 0 saturated heterocycles.